The number of hydrogen-bond donors (Lipinski definition) is 1. The summed E-state index contributed by atoms with van der Waals surface area (Å²) < 4.78 is 5.87. The zero-order valence-corrected chi connectivity index (χ0v) is 15.4. The molecule has 0 fully saturated rings. The number of carbonyl (C=O) groups is 2. The van der Waals surface area contributed by atoms with Gasteiger partial charge in [0, 0.05) is 27.7 Å². The zero-order valence-electron chi connectivity index (χ0n) is 13.8. The van der Waals surface area contributed by atoms with Crippen molar-refractivity contribution in [3.05, 3.63) is 80.8 Å². The second-order valence-corrected chi connectivity index (χ2v) is 6.42. The molecule has 3 rings (SSSR count). The summed E-state index contributed by atoms with van der Waals surface area (Å²) in [5.74, 6) is -1.22. The van der Waals surface area contributed by atoms with Crippen molar-refractivity contribution in [2.24, 2.45) is 0 Å². The van der Waals surface area contributed by atoms with Crippen molar-refractivity contribution in [3.8, 4) is 0 Å². The molecule has 0 saturated carbocycles. The average Bonchev–Trinajstić information content (AvgIpc) is 2.68. The lowest BCUT2D eigenvalue weighted by atomic mass is 10.1. The summed E-state index contributed by atoms with van der Waals surface area (Å²) in [5.41, 5.74) is 0.596. The zero-order chi connectivity index (χ0) is 19.4. The van der Waals surface area contributed by atoms with Crippen LogP contribution in [0, 0.1) is 10.1 Å². The summed E-state index contributed by atoms with van der Waals surface area (Å²) in [7, 11) is 0. The third kappa shape index (κ3) is 4.29. The number of esters is 1. The topological polar surface area (TPSA) is 98.5 Å². The Morgan fingerprint density at radius 1 is 1.00 bits per heavy atom. The monoisotopic (exact) mass is 428 g/mol. The first-order valence-electron chi connectivity index (χ1n) is 7.84. The molecule has 3 aromatic rings. The van der Waals surface area contributed by atoms with Crippen LogP contribution >= 0.6 is 15.9 Å². The van der Waals surface area contributed by atoms with Crippen LogP contribution in [0.3, 0.4) is 0 Å². The van der Waals surface area contributed by atoms with Gasteiger partial charge in [-0.15, -0.1) is 0 Å². The number of non-ortho nitro benzene ring substituents is 1. The minimum atomic E-state index is -0.735. The van der Waals surface area contributed by atoms with Crippen LogP contribution in [0.25, 0.3) is 10.8 Å². The van der Waals surface area contributed by atoms with E-state index in [1.807, 2.05) is 30.3 Å². The van der Waals surface area contributed by atoms with E-state index in [-0.39, 0.29) is 11.3 Å². The van der Waals surface area contributed by atoms with Gasteiger partial charge in [0.15, 0.2) is 6.61 Å². The first-order chi connectivity index (χ1) is 13.0. The van der Waals surface area contributed by atoms with Gasteiger partial charge in [-0.2, -0.15) is 0 Å². The average molecular weight is 429 g/mol. The molecule has 0 saturated heterocycles. The molecule has 0 spiro atoms. The van der Waals surface area contributed by atoms with E-state index in [1.54, 1.807) is 6.07 Å². The van der Waals surface area contributed by atoms with Crippen LogP contribution in [0.2, 0.25) is 0 Å². The Kier molecular flexibility index (Phi) is 5.46. The summed E-state index contributed by atoms with van der Waals surface area (Å²) in [6.07, 6.45) is 0. The molecule has 1 N–H and O–H groups in total. The van der Waals surface area contributed by atoms with Crippen LogP contribution in [0.1, 0.15) is 10.4 Å². The van der Waals surface area contributed by atoms with Gasteiger partial charge in [0.25, 0.3) is 11.6 Å². The Morgan fingerprint density at radius 2 is 1.67 bits per heavy atom. The maximum absolute atomic E-state index is 12.1. The Balaban J connectivity index is 1.64. The van der Waals surface area contributed by atoms with Crippen molar-refractivity contribution in [2.45, 2.75) is 0 Å². The fourth-order valence-corrected chi connectivity index (χ4v) is 2.97. The molecule has 7 nitrogen and oxygen atoms in total. The van der Waals surface area contributed by atoms with Crippen molar-refractivity contribution in [3.63, 3.8) is 0 Å². The Labute approximate surface area is 162 Å². The standard InChI is InChI=1S/C19H13BrN2O5/c20-16-9-10-17(15-4-2-1-3-14(15)16)21-18(23)11-27-19(24)12-5-7-13(8-6-12)22(25)26/h1-10H,11H2,(H,21,23). The van der Waals surface area contributed by atoms with Gasteiger partial charge in [-0.05, 0) is 29.7 Å². The molecule has 136 valence electrons. The Bertz CT molecular complexity index is 1030. The third-order valence-corrected chi connectivity index (χ3v) is 4.48. The van der Waals surface area contributed by atoms with Crippen LogP contribution in [-0.4, -0.2) is 23.4 Å². The van der Waals surface area contributed by atoms with Crippen LogP contribution < -0.4 is 5.32 Å². The van der Waals surface area contributed by atoms with Crippen LogP contribution in [0.5, 0.6) is 0 Å². The largest absolute Gasteiger partial charge is 0.452 e. The maximum atomic E-state index is 12.1. The lowest BCUT2D eigenvalue weighted by molar-refractivity contribution is -0.384. The third-order valence-electron chi connectivity index (χ3n) is 3.79. The molecule has 0 aliphatic rings. The fourth-order valence-electron chi connectivity index (χ4n) is 2.49. The molecule has 3 aromatic carbocycles. The van der Waals surface area contributed by atoms with Crippen LogP contribution in [-0.2, 0) is 9.53 Å². The first-order valence-corrected chi connectivity index (χ1v) is 8.63. The van der Waals surface area contributed by atoms with Gasteiger partial charge in [-0.1, -0.05) is 40.2 Å². The quantitative estimate of drug-likeness (QED) is 0.370. The number of rotatable bonds is 5. The summed E-state index contributed by atoms with van der Waals surface area (Å²) in [6, 6.07) is 16.1. The minimum absolute atomic E-state index is 0.127. The lowest BCUT2D eigenvalue weighted by Crippen LogP contribution is -2.21. The normalized spacial score (nSPS) is 10.4. The SMILES string of the molecule is O=C(COC(=O)c1ccc([N+](=O)[O-])cc1)Nc1ccc(Br)c2ccccc12. The number of nitrogens with zero attached hydrogens (tertiary/aromatic N) is 1. The molecule has 0 radical (unpaired) electrons. The van der Waals surface area contributed by atoms with Gasteiger partial charge in [-0.3, -0.25) is 14.9 Å². The number of nitro benzene ring substituents is 1. The van der Waals surface area contributed by atoms with Crippen molar-refractivity contribution in [1.29, 1.82) is 0 Å². The molecule has 0 aliphatic carbocycles. The number of nitrogens with one attached hydrogen (secondary N) is 1. The molecule has 1 amide bonds. The van der Waals surface area contributed by atoms with Gasteiger partial charge >= 0.3 is 5.97 Å². The second kappa shape index (κ2) is 7.96. The van der Waals surface area contributed by atoms with E-state index >= 15 is 0 Å². The summed E-state index contributed by atoms with van der Waals surface area (Å²) in [6.45, 7) is -0.472. The predicted molar refractivity (Wildman–Crippen MR) is 104 cm³/mol. The van der Waals surface area contributed by atoms with Gasteiger partial charge in [0.1, 0.15) is 0 Å². The number of carbonyl (C=O) groups excluding carboxylic acids is 2. The highest BCUT2D eigenvalue weighted by atomic mass is 79.9. The molecule has 0 aliphatic heterocycles. The van der Waals surface area contributed by atoms with Crippen molar-refractivity contribution in [1.82, 2.24) is 0 Å². The molecule has 0 atom stereocenters. The molecule has 8 heteroatoms. The van der Waals surface area contributed by atoms with Gasteiger partial charge in [0.2, 0.25) is 0 Å². The lowest BCUT2D eigenvalue weighted by Gasteiger charge is -2.10. The van der Waals surface area contributed by atoms with E-state index in [9.17, 15) is 19.7 Å². The first kappa shape index (κ1) is 18.5. The van der Waals surface area contributed by atoms with Gasteiger partial charge in [0.05, 0.1) is 10.5 Å². The Hall–Kier alpha value is -3.26. The highest BCUT2D eigenvalue weighted by Crippen LogP contribution is 2.29. The van der Waals surface area contributed by atoms with E-state index in [0.29, 0.717) is 5.69 Å². The fraction of sp³-hybridized carbons (Fsp3) is 0.0526. The highest BCUT2D eigenvalue weighted by Gasteiger charge is 2.13. The van der Waals surface area contributed by atoms with E-state index in [0.717, 1.165) is 15.2 Å². The second-order valence-electron chi connectivity index (χ2n) is 5.57. The molecular weight excluding hydrogens is 416 g/mol. The highest BCUT2D eigenvalue weighted by molar-refractivity contribution is 9.10. The van der Waals surface area contributed by atoms with Crippen LogP contribution in [0.4, 0.5) is 11.4 Å². The van der Waals surface area contributed by atoms with E-state index in [1.165, 1.54) is 24.3 Å². The van der Waals surface area contributed by atoms with Crippen LogP contribution in [0.15, 0.2) is 65.1 Å². The number of amides is 1. The van der Waals surface area contributed by atoms with Crippen molar-refractivity contribution >= 4 is 50.0 Å². The smallest absolute Gasteiger partial charge is 0.338 e. The number of anilines is 1. The van der Waals surface area contributed by atoms with E-state index in [4.69, 9.17) is 4.74 Å². The van der Waals surface area contributed by atoms with Gasteiger partial charge < -0.3 is 10.1 Å². The predicted octanol–water partition coefficient (Wildman–Crippen LogP) is 4.31. The van der Waals surface area contributed by atoms with Gasteiger partial charge in [-0.25, -0.2) is 4.79 Å². The summed E-state index contributed by atoms with van der Waals surface area (Å²) >= 11 is 3.46. The number of fused-ring (bicyclic) bond motifs is 1. The van der Waals surface area contributed by atoms with E-state index in [2.05, 4.69) is 21.2 Å². The van der Waals surface area contributed by atoms with Crippen molar-refractivity contribution < 1.29 is 19.2 Å². The molecule has 0 heterocycles. The maximum Gasteiger partial charge on any atom is 0.338 e. The Morgan fingerprint density at radius 3 is 2.33 bits per heavy atom. The number of halogens is 1. The molecule has 0 aromatic heterocycles. The number of hydrogen-bond acceptors (Lipinski definition) is 5. The van der Waals surface area contributed by atoms with Crippen molar-refractivity contribution in [2.75, 3.05) is 11.9 Å². The number of nitro groups is 1. The molecule has 0 unspecified atom stereocenters. The van der Waals surface area contributed by atoms with E-state index < -0.39 is 23.4 Å². The number of benzene rings is 3. The summed E-state index contributed by atoms with van der Waals surface area (Å²) in [4.78, 5) is 34.1. The molecular formula is C19H13BrN2O5. The molecule has 27 heavy (non-hydrogen) atoms. The summed E-state index contributed by atoms with van der Waals surface area (Å²) in [5, 5.41) is 15.1. The number of ether oxygens (including phenoxy) is 1. The minimum Gasteiger partial charge on any atom is -0.452 e. The molecule has 0 bridgehead atoms.